The van der Waals surface area contributed by atoms with Crippen LogP contribution in [-0.4, -0.2) is 38.8 Å². The molecule has 1 saturated heterocycles. The number of hydrogen-bond donors (Lipinski definition) is 1. The Morgan fingerprint density at radius 2 is 2.08 bits per heavy atom. The Kier molecular flexibility index (Phi) is 4.48. The maximum absolute atomic E-state index is 11.5. The number of fused-ring (bicyclic) bond motifs is 2. The van der Waals surface area contributed by atoms with Gasteiger partial charge in [0, 0.05) is 31.6 Å². The van der Waals surface area contributed by atoms with Crippen LogP contribution < -0.4 is 0 Å². The van der Waals surface area contributed by atoms with Crippen molar-refractivity contribution in [1.82, 2.24) is 19.9 Å². The van der Waals surface area contributed by atoms with E-state index in [2.05, 4.69) is 27.9 Å². The Morgan fingerprint density at radius 1 is 1.32 bits per heavy atom. The van der Waals surface area contributed by atoms with Gasteiger partial charge in [0.25, 0.3) is 0 Å². The molecule has 2 aromatic rings. The zero-order valence-electron chi connectivity index (χ0n) is 15.2. The number of hydrogen-bond acceptors (Lipinski definition) is 3. The van der Waals surface area contributed by atoms with Crippen molar-refractivity contribution in [3.63, 3.8) is 0 Å². The van der Waals surface area contributed by atoms with Crippen LogP contribution in [0.2, 0.25) is 0 Å². The average Bonchev–Trinajstić information content (AvgIpc) is 3.27. The van der Waals surface area contributed by atoms with Gasteiger partial charge in [-0.15, -0.1) is 0 Å². The van der Waals surface area contributed by atoms with E-state index in [4.69, 9.17) is 0 Å². The van der Waals surface area contributed by atoms with E-state index < -0.39 is 0 Å². The van der Waals surface area contributed by atoms with Gasteiger partial charge in [0.15, 0.2) is 0 Å². The Labute approximate surface area is 149 Å². The second-order valence-corrected chi connectivity index (χ2v) is 8.23. The summed E-state index contributed by atoms with van der Waals surface area (Å²) in [5.41, 5.74) is 2.11. The van der Waals surface area contributed by atoms with Crippen LogP contribution in [0.4, 0.5) is 0 Å². The Morgan fingerprint density at radius 3 is 2.80 bits per heavy atom. The molecule has 3 unspecified atom stereocenters. The normalized spacial score (nSPS) is 27.0. The number of carbonyl (C=O) groups is 1. The molecule has 0 radical (unpaired) electrons. The summed E-state index contributed by atoms with van der Waals surface area (Å²) in [6, 6.07) is 2.08. The SMILES string of the molecule is CC(=O)N1CC2CC(CCC(C)Cc3ncnc4[nH]ccc34)CC2C1. The van der Waals surface area contributed by atoms with E-state index in [1.165, 1.54) is 31.4 Å². The largest absolute Gasteiger partial charge is 0.346 e. The summed E-state index contributed by atoms with van der Waals surface area (Å²) in [6.45, 7) is 6.04. The van der Waals surface area contributed by atoms with Crippen LogP contribution in [-0.2, 0) is 11.2 Å². The molecule has 1 aliphatic carbocycles. The van der Waals surface area contributed by atoms with Gasteiger partial charge in [0.2, 0.25) is 5.91 Å². The summed E-state index contributed by atoms with van der Waals surface area (Å²) < 4.78 is 0. The predicted molar refractivity (Wildman–Crippen MR) is 97.9 cm³/mol. The number of H-pyrrole nitrogens is 1. The lowest BCUT2D eigenvalue weighted by atomic mass is 9.91. The third kappa shape index (κ3) is 3.42. The van der Waals surface area contributed by atoms with Gasteiger partial charge in [0.1, 0.15) is 12.0 Å². The van der Waals surface area contributed by atoms with Gasteiger partial charge in [-0.2, -0.15) is 0 Å². The number of likely N-dealkylation sites (tertiary alicyclic amines) is 1. The molecule has 1 aliphatic heterocycles. The van der Waals surface area contributed by atoms with E-state index in [-0.39, 0.29) is 5.91 Å². The summed E-state index contributed by atoms with van der Waals surface area (Å²) >= 11 is 0. The highest BCUT2D eigenvalue weighted by atomic mass is 16.2. The average molecular weight is 340 g/mol. The molecule has 3 heterocycles. The molecule has 25 heavy (non-hydrogen) atoms. The molecule has 134 valence electrons. The van der Waals surface area contributed by atoms with Crippen molar-refractivity contribution in [3.05, 3.63) is 24.3 Å². The van der Waals surface area contributed by atoms with E-state index in [0.717, 1.165) is 48.3 Å². The zero-order valence-corrected chi connectivity index (χ0v) is 15.2. The molecule has 3 atom stereocenters. The van der Waals surface area contributed by atoms with Crippen LogP contribution in [0.3, 0.4) is 0 Å². The molecule has 0 bridgehead atoms. The molecule has 5 nitrogen and oxygen atoms in total. The third-order valence-corrected chi connectivity index (χ3v) is 6.34. The molecular formula is C20H28N4O. The zero-order chi connectivity index (χ0) is 17.4. The fourth-order valence-corrected chi connectivity index (χ4v) is 4.96. The fourth-order valence-electron chi connectivity index (χ4n) is 4.96. The van der Waals surface area contributed by atoms with Gasteiger partial charge >= 0.3 is 0 Å². The Bertz CT molecular complexity index is 741. The van der Waals surface area contributed by atoms with Crippen LogP contribution in [0.1, 0.15) is 45.2 Å². The van der Waals surface area contributed by atoms with Gasteiger partial charge in [0.05, 0.1) is 5.69 Å². The summed E-state index contributed by atoms with van der Waals surface area (Å²) in [5.74, 6) is 3.25. The number of aromatic nitrogens is 3. The molecule has 0 aromatic carbocycles. The maximum atomic E-state index is 11.5. The van der Waals surface area contributed by atoms with E-state index in [1.54, 1.807) is 13.3 Å². The highest BCUT2D eigenvalue weighted by Crippen LogP contribution is 2.43. The highest BCUT2D eigenvalue weighted by Gasteiger charge is 2.41. The van der Waals surface area contributed by atoms with Crippen molar-refractivity contribution >= 4 is 16.9 Å². The monoisotopic (exact) mass is 340 g/mol. The second-order valence-electron chi connectivity index (χ2n) is 8.23. The van der Waals surface area contributed by atoms with Crippen LogP contribution in [0.25, 0.3) is 11.0 Å². The van der Waals surface area contributed by atoms with Crippen molar-refractivity contribution in [2.24, 2.45) is 23.7 Å². The molecule has 2 aliphatic rings. The Hall–Kier alpha value is -1.91. The topological polar surface area (TPSA) is 61.9 Å². The van der Waals surface area contributed by atoms with E-state index in [1.807, 2.05) is 11.1 Å². The summed E-state index contributed by atoms with van der Waals surface area (Å²) in [4.78, 5) is 25.5. The van der Waals surface area contributed by atoms with E-state index >= 15 is 0 Å². The number of rotatable bonds is 5. The molecule has 1 amide bonds. The van der Waals surface area contributed by atoms with Crippen molar-refractivity contribution in [2.45, 2.75) is 46.0 Å². The smallest absolute Gasteiger partial charge is 0.219 e. The number of nitrogens with zero attached hydrogens (tertiary/aromatic N) is 3. The number of nitrogens with one attached hydrogen (secondary N) is 1. The van der Waals surface area contributed by atoms with E-state index in [0.29, 0.717) is 5.92 Å². The molecule has 1 N–H and O–H groups in total. The molecule has 5 heteroatoms. The maximum Gasteiger partial charge on any atom is 0.219 e. The Balaban J connectivity index is 1.27. The number of amides is 1. The minimum atomic E-state index is 0.250. The molecule has 4 rings (SSSR count). The molecular weight excluding hydrogens is 312 g/mol. The lowest BCUT2D eigenvalue weighted by Gasteiger charge is -2.19. The van der Waals surface area contributed by atoms with E-state index in [9.17, 15) is 4.79 Å². The lowest BCUT2D eigenvalue weighted by Crippen LogP contribution is -2.27. The van der Waals surface area contributed by atoms with Crippen LogP contribution in [0, 0.1) is 23.7 Å². The number of carbonyl (C=O) groups excluding carboxylic acids is 1. The van der Waals surface area contributed by atoms with Gasteiger partial charge < -0.3 is 9.88 Å². The lowest BCUT2D eigenvalue weighted by molar-refractivity contribution is -0.128. The predicted octanol–water partition coefficient (Wildman–Crippen LogP) is 3.42. The summed E-state index contributed by atoms with van der Waals surface area (Å²) in [7, 11) is 0. The standard InChI is InChI=1S/C20H28N4O/c1-13(7-19-18-5-6-21-20(18)23-12-22-19)3-4-15-8-16-10-24(14(2)25)11-17(16)9-15/h5-6,12-13,15-17H,3-4,7-11H2,1-2H3,(H,21,22,23). The minimum Gasteiger partial charge on any atom is -0.346 e. The first kappa shape index (κ1) is 16.6. The van der Waals surface area contributed by atoms with Crippen molar-refractivity contribution < 1.29 is 4.79 Å². The fraction of sp³-hybridized carbons (Fsp3) is 0.650. The summed E-state index contributed by atoms with van der Waals surface area (Å²) in [5, 5.41) is 1.16. The van der Waals surface area contributed by atoms with Gasteiger partial charge in [-0.3, -0.25) is 4.79 Å². The quantitative estimate of drug-likeness (QED) is 0.907. The van der Waals surface area contributed by atoms with Crippen LogP contribution in [0.5, 0.6) is 0 Å². The first-order valence-corrected chi connectivity index (χ1v) is 9.62. The van der Waals surface area contributed by atoms with Gasteiger partial charge in [-0.05, 0) is 49.0 Å². The second kappa shape index (κ2) is 6.77. The molecule has 1 saturated carbocycles. The van der Waals surface area contributed by atoms with Crippen LogP contribution >= 0.6 is 0 Å². The third-order valence-electron chi connectivity index (χ3n) is 6.34. The molecule has 2 aromatic heterocycles. The van der Waals surface area contributed by atoms with Crippen molar-refractivity contribution in [2.75, 3.05) is 13.1 Å². The molecule has 2 fully saturated rings. The van der Waals surface area contributed by atoms with Gasteiger partial charge in [-0.25, -0.2) is 9.97 Å². The minimum absolute atomic E-state index is 0.250. The first-order chi connectivity index (χ1) is 12.1. The number of aromatic amines is 1. The van der Waals surface area contributed by atoms with Gasteiger partial charge in [-0.1, -0.05) is 19.8 Å². The van der Waals surface area contributed by atoms with Crippen LogP contribution in [0.15, 0.2) is 18.6 Å². The highest BCUT2D eigenvalue weighted by molar-refractivity contribution is 5.77. The molecule has 0 spiro atoms. The first-order valence-electron chi connectivity index (χ1n) is 9.62. The van der Waals surface area contributed by atoms with Crippen molar-refractivity contribution in [1.29, 1.82) is 0 Å². The summed E-state index contributed by atoms with van der Waals surface area (Å²) in [6.07, 6.45) is 9.84. The van der Waals surface area contributed by atoms with Crippen molar-refractivity contribution in [3.8, 4) is 0 Å².